The van der Waals surface area contributed by atoms with E-state index in [4.69, 9.17) is 33.2 Å². The van der Waals surface area contributed by atoms with Gasteiger partial charge in [0.05, 0.1) is 53.4 Å². The van der Waals surface area contributed by atoms with E-state index in [1.807, 2.05) is 65.2 Å². The predicted molar refractivity (Wildman–Crippen MR) is 351 cm³/mol. The van der Waals surface area contributed by atoms with Gasteiger partial charge in [-0.25, -0.2) is 54.3 Å². The smallest absolute Gasteiger partial charge is 0.349 e. The summed E-state index contributed by atoms with van der Waals surface area (Å²) in [6, 6.07) is 20.8. The minimum absolute atomic E-state index is 0.132. The number of carbonyl (C=O) groups is 2. The summed E-state index contributed by atoms with van der Waals surface area (Å²) in [6.07, 6.45) is 4.84. The average molecular weight is 1300 g/mol. The van der Waals surface area contributed by atoms with Crippen LogP contribution in [0.3, 0.4) is 0 Å². The van der Waals surface area contributed by atoms with E-state index in [1.54, 1.807) is 84.3 Å². The zero-order valence-electron chi connectivity index (χ0n) is 52.0. The zero-order chi connectivity index (χ0) is 65.9. The van der Waals surface area contributed by atoms with Gasteiger partial charge in [0.1, 0.15) is 23.3 Å². The van der Waals surface area contributed by atoms with E-state index in [1.165, 1.54) is 45.6 Å². The topological polar surface area (TPSA) is 211 Å². The van der Waals surface area contributed by atoms with E-state index < -0.39 is 42.7 Å². The van der Waals surface area contributed by atoms with Crippen LogP contribution in [0.1, 0.15) is 89.5 Å². The van der Waals surface area contributed by atoms with Crippen LogP contribution in [0.25, 0.3) is 56.0 Å². The monoisotopic (exact) mass is 1300 g/mol. The van der Waals surface area contributed by atoms with Gasteiger partial charge in [-0.2, -0.15) is 9.97 Å². The molecule has 0 aliphatic carbocycles. The molecule has 0 radical (unpaired) electrons. The van der Waals surface area contributed by atoms with Gasteiger partial charge < -0.3 is 19.6 Å². The van der Waals surface area contributed by atoms with Gasteiger partial charge in [-0.15, -0.1) is 0 Å². The molecule has 0 N–H and O–H groups in total. The van der Waals surface area contributed by atoms with E-state index >= 15 is 8.78 Å². The normalized spacial score (nSPS) is 17.3. The standard InChI is InChI=1S/2C33H35ClFN5O4S/c2*1-8-28(41)38-16-21(6)39(17-20(38)5)31-25-15-26(34)29(23-11-9-10-12-27(23)35)36-32(25)40(33(42)37-31)30-19(4)13-22(45(7,43)44)14-24(30)18(2)3/h2*8-15,18,20-21H,1,16-17H2,2-7H3/t2*20-,21+/m11/s1. The first-order chi connectivity index (χ1) is 42.3. The Morgan fingerprint density at radius 2 is 0.900 bits per heavy atom. The molecule has 4 atom stereocenters. The molecule has 2 aliphatic rings. The first-order valence-electron chi connectivity index (χ1n) is 29.1. The predicted octanol–water partition coefficient (Wildman–Crippen LogP) is 11.4. The van der Waals surface area contributed by atoms with Gasteiger partial charge in [0.25, 0.3) is 0 Å². The molecule has 0 saturated carbocycles. The number of aryl methyl sites for hydroxylation is 2. The van der Waals surface area contributed by atoms with Crippen molar-refractivity contribution in [3.05, 3.63) is 175 Å². The number of sulfone groups is 2. The van der Waals surface area contributed by atoms with Crippen LogP contribution in [0.4, 0.5) is 20.4 Å². The van der Waals surface area contributed by atoms with Gasteiger partial charge in [0.15, 0.2) is 31.0 Å². The third-order valence-corrected chi connectivity index (χ3v) is 19.2. The van der Waals surface area contributed by atoms with Gasteiger partial charge in [0, 0.05) is 74.0 Å². The molecular weight excluding hydrogens is 1230 g/mol. The number of benzene rings is 4. The van der Waals surface area contributed by atoms with E-state index in [9.17, 15) is 36.0 Å². The van der Waals surface area contributed by atoms with Crippen molar-refractivity contribution in [1.82, 2.24) is 38.9 Å². The van der Waals surface area contributed by atoms with E-state index in [-0.39, 0.29) is 101 Å². The highest BCUT2D eigenvalue weighted by Crippen LogP contribution is 2.40. The SMILES string of the molecule is C=CC(=O)N1C[C@H](C)N(c2nc(=O)n(-c3c(C)cc(S(C)(=O)=O)cc3C(C)C)c3nc(-c4ccccc4F)c(Cl)cc23)C[C@H]1C.C=CC(=O)N1C[C@H](C)N(c2nc(=O)n(-c3c(C)cc(S(C)(=O)=O)cc3C(C)C)c3nc(-c4ccccc4F)c(Cl)cc23)C[C@H]1C. The molecule has 10 rings (SSSR count). The number of fused-ring (bicyclic) bond motifs is 2. The minimum atomic E-state index is -3.55. The summed E-state index contributed by atoms with van der Waals surface area (Å²) in [6.45, 7) is 27.5. The second-order valence-corrected chi connectivity index (χ2v) is 28.6. The lowest BCUT2D eigenvalue weighted by molar-refractivity contribution is -0.129. The number of hydrogen-bond donors (Lipinski definition) is 0. The first-order valence-corrected chi connectivity index (χ1v) is 33.7. The molecule has 90 heavy (non-hydrogen) atoms. The summed E-state index contributed by atoms with van der Waals surface area (Å²) in [5.74, 6) is -1.13. The van der Waals surface area contributed by atoms with Gasteiger partial charge in [-0.3, -0.25) is 9.59 Å². The Balaban J connectivity index is 0.000000213. The molecule has 472 valence electrons. The fourth-order valence-corrected chi connectivity index (χ4v) is 13.9. The van der Waals surface area contributed by atoms with Crippen LogP contribution in [0, 0.1) is 25.5 Å². The van der Waals surface area contributed by atoms with Crippen LogP contribution in [0.5, 0.6) is 0 Å². The molecule has 2 amide bonds. The summed E-state index contributed by atoms with van der Waals surface area (Å²) in [5.41, 5.74) is 2.87. The Bertz CT molecular complexity index is 4350. The molecule has 0 unspecified atom stereocenters. The number of rotatable bonds is 12. The first kappa shape index (κ1) is 66.2. The summed E-state index contributed by atoms with van der Waals surface area (Å²) >= 11 is 13.6. The van der Waals surface area contributed by atoms with Crippen molar-refractivity contribution >= 4 is 88.4 Å². The van der Waals surface area contributed by atoms with Crippen molar-refractivity contribution in [2.45, 2.75) is 115 Å². The van der Waals surface area contributed by atoms with Crippen LogP contribution in [-0.2, 0) is 29.3 Å². The highest BCUT2D eigenvalue weighted by Gasteiger charge is 2.37. The number of pyridine rings is 2. The molecule has 0 bridgehead atoms. The lowest BCUT2D eigenvalue weighted by Crippen LogP contribution is -2.58. The molecule has 18 nitrogen and oxygen atoms in total. The van der Waals surface area contributed by atoms with Crippen LogP contribution in [-0.4, -0.2) is 130 Å². The fourth-order valence-electron chi connectivity index (χ4n) is 11.9. The summed E-state index contributed by atoms with van der Waals surface area (Å²) < 4.78 is 83.0. The molecular formula is C66H70Cl2F2N10O8S2. The molecule has 4 aromatic carbocycles. The van der Waals surface area contributed by atoms with Crippen LogP contribution < -0.4 is 21.2 Å². The van der Waals surface area contributed by atoms with Crippen molar-refractivity contribution < 1.29 is 35.2 Å². The van der Waals surface area contributed by atoms with E-state index in [2.05, 4.69) is 23.1 Å². The Hall–Kier alpha value is -8.18. The molecule has 2 aliphatic heterocycles. The number of hydrogen-bond acceptors (Lipinski definition) is 14. The number of carbonyl (C=O) groups excluding carboxylic acids is 2. The number of nitrogens with zero attached hydrogens (tertiary/aromatic N) is 10. The van der Waals surface area contributed by atoms with Crippen molar-refractivity contribution in [1.29, 1.82) is 0 Å². The maximum atomic E-state index is 15.1. The quantitative estimate of drug-likeness (QED) is 0.104. The zero-order valence-corrected chi connectivity index (χ0v) is 55.2. The molecule has 6 heterocycles. The minimum Gasteiger partial charge on any atom is -0.349 e. The average Bonchev–Trinajstić information content (AvgIpc) is 0.750. The van der Waals surface area contributed by atoms with Gasteiger partial charge in [-0.05, 0) is 148 Å². The Kier molecular flexibility index (Phi) is 18.8. The highest BCUT2D eigenvalue weighted by molar-refractivity contribution is 7.91. The number of piperazine rings is 2. The van der Waals surface area contributed by atoms with Crippen molar-refractivity contribution in [2.24, 2.45) is 0 Å². The van der Waals surface area contributed by atoms with Crippen LogP contribution in [0.15, 0.2) is 130 Å². The van der Waals surface area contributed by atoms with Crippen LogP contribution >= 0.6 is 23.2 Å². The number of halogens is 4. The van der Waals surface area contributed by atoms with Crippen molar-refractivity contribution in [2.75, 3.05) is 48.5 Å². The second kappa shape index (κ2) is 25.6. The highest BCUT2D eigenvalue weighted by atomic mass is 35.5. The molecule has 2 fully saturated rings. The summed E-state index contributed by atoms with van der Waals surface area (Å²) in [4.78, 5) is 79.8. The summed E-state index contributed by atoms with van der Waals surface area (Å²) in [5, 5.41) is 1.22. The number of anilines is 2. The number of amides is 2. The van der Waals surface area contributed by atoms with Gasteiger partial charge in [0.2, 0.25) is 11.8 Å². The fraction of sp³-hybridized carbons (Fsp3) is 0.333. The Labute approximate surface area is 532 Å². The maximum Gasteiger partial charge on any atom is 0.355 e. The lowest BCUT2D eigenvalue weighted by atomic mass is 9.97. The molecule has 24 heteroatoms. The molecule has 4 aromatic heterocycles. The third-order valence-electron chi connectivity index (χ3n) is 16.4. The Morgan fingerprint density at radius 1 is 0.556 bits per heavy atom. The molecule has 8 aromatic rings. The van der Waals surface area contributed by atoms with E-state index in [0.717, 1.165) is 12.5 Å². The van der Waals surface area contributed by atoms with Crippen molar-refractivity contribution in [3.63, 3.8) is 0 Å². The lowest BCUT2D eigenvalue weighted by Gasteiger charge is -2.44. The van der Waals surface area contributed by atoms with Gasteiger partial charge in [-0.1, -0.05) is 88.3 Å². The summed E-state index contributed by atoms with van der Waals surface area (Å²) in [7, 11) is -7.10. The molecule has 0 spiro atoms. The van der Waals surface area contributed by atoms with Crippen LogP contribution in [0.2, 0.25) is 10.0 Å². The van der Waals surface area contributed by atoms with Crippen molar-refractivity contribution in [3.8, 4) is 33.9 Å². The second-order valence-electron chi connectivity index (χ2n) is 23.7. The van der Waals surface area contributed by atoms with E-state index in [0.29, 0.717) is 82.2 Å². The Morgan fingerprint density at radius 3 is 1.21 bits per heavy atom. The maximum absolute atomic E-state index is 15.1. The molecule has 2 saturated heterocycles. The number of aromatic nitrogens is 6. The third kappa shape index (κ3) is 12.7. The van der Waals surface area contributed by atoms with Gasteiger partial charge >= 0.3 is 11.4 Å². The largest absolute Gasteiger partial charge is 0.355 e.